The van der Waals surface area contributed by atoms with Gasteiger partial charge in [0.15, 0.2) is 5.58 Å². The summed E-state index contributed by atoms with van der Waals surface area (Å²) in [6.45, 7) is 0. The van der Waals surface area contributed by atoms with Gasteiger partial charge in [0.2, 0.25) is 0 Å². The molecule has 1 heterocycles. The Morgan fingerprint density at radius 1 is 1.29 bits per heavy atom. The maximum absolute atomic E-state index is 11.5. The van der Waals surface area contributed by atoms with E-state index in [-0.39, 0.29) is 11.8 Å². The summed E-state index contributed by atoms with van der Waals surface area (Å²) in [6.07, 6.45) is 0.627. The summed E-state index contributed by atoms with van der Waals surface area (Å²) in [4.78, 5) is 11.5. The van der Waals surface area contributed by atoms with E-state index < -0.39 is 0 Å². The first-order chi connectivity index (χ1) is 10.1. The van der Waals surface area contributed by atoms with Crippen LogP contribution in [0, 0.1) is 0 Å². The Morgan fingerprint density at radius 3 is 2.81 bits per heavy atom. The van der Waals surface area contributed by atoms with Crippen LogP contribution >= 0.6 is 11.6 Å². The number of nitrogens with two attached hydrogens (primary N) is 1. The van der Waals surface area contributed by atoms with Crippen molar-refractivity contribution in [2.75, 3.05) is 0 Å². The summed E-state index contributed by atoms with van der Waals surface area (Å²) in [5.74, 6) is -0.373. The fourth-order valence-corrected chi connectivity index (χ4v) is 2.61. The monoisotopic (exact) mass is 302 g/mol. The van der Waals surface area contributed by atoms with Crippen LogP contribution in [0.15, 0.2) is 51.7 Å². The van der Waals surface area contributed by atoms with Crippen LogP contribution in [0.3, 0.4) is 0 Å². The van der Waals surface area contributed by atoms with Crippen LogP contribution in [-0.2, 0) is 13.5 Å². The third kappa shape index (κ3) is 2.60. The molecule has 0 spiro atoms. The van der Waals surface area contributed by atoms with Gasteiger partial charge in [0.05, 0.1) is 5.52 Å². The lowest BCUT2D eigenvalue weighted by Gasteiger charge is -2.13. The SMILES string of the molecule is Cn1c(=O)oc2cc(C(N)Cc3ccccc3Cl)ccc21. The van der Waals surface area contributed by atoms with Crippen molar-refractivity contribution >= 4 is 22.7 Å². The number of halogens is 1. The van der Waals surface area contributed by atoms with Crippen LogP contribution in [0.1, 0.15) is 17.2 Å². The van der Waals surface area contributed by atoms with Crippen molar-refractivity contribution in [1.82, 2.24) is 4.57 Å². The molecule has 0 bridgehead atoms. The molecule has 1 atom stereocenters. The second-order valence-electron chi connectivity index (χ2n) is 5.06. The van der Waals surface area contributed by atoms with Crippen LogP contribution in [0.25, 0.3) is 11.1 Å². The second-order valence-corrected chi connectivity index (χ2v) is 5.46. The molecule has 108 valence electrons. The van der Waals surface area contributed by atoms with Gasteiger partial charge in [0, 0.05) is 18.1 Å². The number of rotatable bonds is 3. The summed E-state index contributed by atoms with van der Waals surface area (Å²) in [6, 6.07) is 13.0. The number of aromatic nitrogens is 1. The normalized spacial score (nSPS) is 12.7. The number of fused-ring (bicyclic) bond motifs is 1. The van der Waals surface area contributed by atoms with Gasteiger partial charge >= 0.3 is 5.76 Å². The molecule has 3 aromatic rings. The topological polar surface area (TPSA) is 61.2 Å². The average Bonchev–Trinajstić information content (AvgIpc) is 2.76. The van der Waals surface area contributed by atoms with Gasteiger partial charge in [0.25, 0.3) is 0 Å². The molecule has 5 heteroatoms. The van der Waals surface area contributed by atoms with Crippen LogP contribution in [-0.4, -0.2) is 4.57 Å². The first-order valence-electron chi connectivity index (χ1n) is 6.64. The Kier molecular flexibility index (Phi) is 3.57. The highest BCUT2D eigenvalue weighted by molar-refractivity contribution is 6.31. The van der Waals surface area contributed by atoms with Gasteiger partial charge in [0.1, 0.15) is 0 Å². The van der Waals surface area contributed by atoms with E-state index in [0.29, 0.717) is 17.0 Å². The van der Waals surface area contributed by atoms with E-state index in [0.717, 1.165) is 16.6 Å². The molecule has 0 saturated carbocycles. The Labute approximate surface area is 126 Å². The van der Waals surface area contributed by atoms with E-state index >= 15 is 0 Å². The van der Waals surface area contributed by atoms with Crippen molar-refractivity contribution in [3.05, 3.63) is 69.2 Å². The Balaban J connectivity index is 1.93. The molecule has 2 N–H and O–H groups in total. The Bertz CT molecular complexity index is 851. The van der Waals surface area contributed by atoms with Gasteiger partial charge < -0.3 is 10.2 Å². The first kappa shape index (κ1) is 13.9. The van der Waals surface area contributed by atoms with Crippen LogP contribution in [0.2, 0.25) is 5.02 Å². The van der Waals surface area contributed by atoms with Gasteiger partial charge in [-0.1, -0.05) is 35.9 Å². The zero-order valence-electron chi connectivity index (χ0n) is 11.5. The molecular weight excluding hydrogens is 288 g/mol. The molecule has 3 rings (SSSR count). The fraction of sp³-hybridized carbons (Fsp3) is 0.188. The number of benzene rings is 2. The molecule has 0 amide bonds. The van der Waals surface area contributed by atoms with Crippen molar-refractivity contribution in [3.8, 4) is 0 Å². The Morgan fingerprint density at radius 2 is 2.05 bits per heavy atom. The molecule has 0 saturated heterocycles. The summed E-state index contributed by atoms with van der Waals surface area (Å²) in [7, 11) is 1.68. The van der Waals surface area contributed by atoms with E-state index in [1.54, 1.807) is 7.05 Å². The van der Waals surface area contributed by atoms with Crippen LogP contribution < -0.4 is 11.5 Å². The van der Waals surface area contributed by atoms with Crippen molar-refractivity contribution in [2.45, 2.75) is 12.5 Å². The molecule has 0 fully saturated rings. The Hall–Kier alpha value is -2.04. The summed E-state index contributed by atoms with van der Waals surface area (Å²) in [5, 5.41) is 0.709. The molecule has 4 nitrogen and oxygen atoms in total. The molecule has 2 aromatic carbocycles. The van der Waals surface area contributed by atoms with Gasteiger partial charge in [-0.2, -0.15) is 0 Å². The van der Waals surface area contributed by atoms with Gasteiger partial charge in [-0.15, -0.1) is 0 Å². The van der Waals surface area contributed by atoms with E-state index in [1.165, 1.54) is 4.57 Å². The fourth-order valence-electron chi connectivity index (χ4n) is 2.40. The van der Waals surface area contributed by atoms with E-state index in [9.17, 15) is 4.79 Å². The van der Waals surface area contributed by atoms with Crippen molar-refractivity contribution in [3.63, 3.8) is 0 Å². The van der Waals surface area contributed by atoms with Crippen molar-refractivity contribution in [2.24, 2.45) is 12.8 Å². The van der Waals surface area contributed by atoms with Gasteiger partial charge in [-0.25, -0.2) is 4.79 Å². The zero-order chi connectivity index (χ0) is 15.0. The number of hydrogen-bond donors (Lipinski definition) is 1. The van der Waals surface area contributed by atoms with E-state index in [2.05, 4.69) is 0 Å². The summed E-state index contributed by atoms with van der Waals surface area (Å²) in [5.41, 5.74) is 9.47. The molecule has 1 aromatic heterocycles. The van der Waals surface area contributed by atoms with Gasteiger partial charge in [-0.3, -0.25) is 4.57 Å². The van der Waals surface area contributed by atoms with Gasteiger partial charge in [-0.05, 0) is 35.7 Å². The lowest BCUT2D eigenvalue weighted by molar-refractivity contribution is 0.527. The highest BCUT2D eigenvalue weighted by Gasteiger charge is 2.12. The molecule has 0 aliphatic heterocycles. The maximum Gasteiger partial charge on any atom is 0.419 e. The minimum atomic E-state index is -0.373. The predicted octanol–water partition coefficient (Wildman–Crippen LogP) is 3.03. The van der Waals surface area contributed by atoms with Crippen LogP contribution in [0.4, 0.5) is 0 Å². The van der Waals surface area contributed by atoms with Crippen molar-refractivity contribution in [1.29, 1.82) is 0 Å². The average molecular weight is 303 g/mol. The van der Waals surface area contributed by atoms with Crippen LogP contribution in [0.5, 0.6) is 0 Å². The highest BCUT2D eigenvalue weighted by atomic mass is 35.5. The standard InChI is InChI=1S/C16H15ClN2O2/c1-19-14-7-6-11(9-15(14)21-16(19)20)13(18)8-10-4-2-3-5-12(10)17/h2-7,9,13H,8,18H2,1H3. The molecular formula is C16H15ClN2O2. The minimum absolute atomic E-state index is 0.209. The number of nitrogens with zero attached hydrogens (tertiary/aromatic N) is 1. The molecule has 0 radical (unpaired) electrons. The minimum Gasteiger partial charge on any atom is -0.408 e. The number of hydrogen-bond acceptors (Lipinski definition) is 3. The first-order valence-corrected chi connectivity index (χ1v) is 7.02. The van der Waals surface area contributed by atoms with E-state index in [1.807, 2.05) is 42.5 Å². The predicted molar refractivity (Wildman–Crippen MR) is 83.5 cm³/mol. The summed E-state index contributed by atoms with van der Waals surface area (Å²) < 4.78 is 6.66. The third-order valence-electron chi connectivity index (χ3n) is 3.64. The number of oxazole rings is 1. The summed E-state index contributed by atoms with van der Waals surface area (Å²) >= 11 is 6.16. The quantitative estimate of drug-likeness (QED) is 0.809. The van der Waals surface area contributed by atoms with E-state index in [4.69, 9.17) is 21.8 Å². The van der Waals surface area contributed by atoms with Crippen molar-refractivity contribution < 1.29 is 4.42 Å². The molecule has 1 unspecified atom stereocenters. The maximum atomic E-state index is 11.5. The molecule has 21 heavy (non-hydrogen) atoms. The largest absolute Gasteiger partial charge is 0.419 e. The zero-order valence-corrected chi connectivity index (χ0v) is 12.3. The number of aryl methyl sites for hydroxylation is 1. The molecule has 0 aliphatic rings. The second kappa shape index (κ2) is 5.39. The molecule has 0 aliphatic carbocycles. The lowest BCUT2D eigenvalue weighted by atomic mass is 9.99. The lowest BCUT2D eigenvalue weighted by Crippen LogP contribution is -2.13. The highest BCUT2D eigenvalue weighted by Crippen LogP contribution is 2.24. The smallest absolute Gasteiger partial charge is 0.408 e. The third-order valence-corrected chi connectivity index (χ3v) is 4.01.